The third-order valence-corrected chi connectivity index (χ3v) is 12.0. The molecule has 7 aromatic rings. The van der Waals surface area contributed by atoms with Crippen LogP contribution in [-0.2, 0) is 20.1 Å². The van der Waals surface area contributed by atoms with Gasteiger partial charge in [0.2, 0.25) is 0 Å². The van der Waals surface area contributed by atoms with E-state index in [-0.39, 0.29) is 25.9 Å². The molecule has 0 spiro atoms. The number of nitrogens with zero attached hydrogens (tertiary/aromatic N) is 2. The molecule has 0 saturated carbocycles. The van der Waals surface area contributed by atoms with E-state index in [1.165, 1.54) is 27.7 Å². The first-order valence-electron chi connectivity index (χ1n) is 15.5. The maximum Gasteiger partial charge on any atom is 0 e. The Labute approximate surface area is 288 Å². The fourth-order valence-electron chi connectivity index (χ4n) is 5.39. The minimum absolute atomic E-state index is 0. The quantitative estimate of drug-likeness (QED) is 0.128. The SMILES string of the molecule is [2H]C(C)(C)c1ccnc(-c2[c-]ccc3c2oc2ccc(F)cc23)c1.[CH3][Ge]([CH3])([CH3])[c]1cnc(-c2[c-]cccc2)cc1-c1ccccc1.[Ir]. The molecular formula is C40H35FGeIrN2O-2. The van der Waals surface area contributed by atoms with Gasteiger partial charge in [0, 0.05) is 33.1 Å². The molecule has 4 aromatic carbocycles. The van der Waals surface area contributed by atoms with Crippen LogP contribution in [0.3, 0.4) is 0 Å². The van der Waals surface area contributed by atoms with E-state index in [0.29, 0.717) is 16.9 Å². The molecular weight excluding hydrogens is 808 g/mol. The minimum Gasteiger partial charge on any atom is 0 e. The summed E-state index contributed by atoms with van der Waals surface area (Å²) in [6.45, 7) is 3.67. The summed E-state index contributed by atoms with van der Waals surface area (Å²) in [7, 11) is 0. The van der Waals surface area contributed by atoms with Crippen molar-refractivity contribution in [3.05, 3.63) is 139 Å². The molecule has 0 saturated heterocycles. The summed E-state index contributed by atoms with van der Waals surface area (Å²) in [6.07, 6.45) is 3.79. The molecule has 0 bridgehead atoms. The van der Waals surface area contributed by atoms with Crippen LogP contribution < -0.4 is 4.40 Å². The number of rotatable bonds is 5. The van der Waals surface area contributed by atoms with Crippen LogP contribution in [0, 0.1) is 17.9 Å². The number of halogens is 1. The van der Waals surface area contributed by atoms with E-state index in [4.69, 9.17) is 10.8 Å². The summed E-state index contributed by atoms with van der Waals surface area (Å²) in [5, 5.41) is 1.56. The van der Waals surface area contributed by atoms with Crippen LogP contribution in [0.15, 0.2) is 120 Å². The van der Waals surface area contributed by atoms with Gasteiger partial charge in [0.1, 0.15) is 11.4 Å². The predicted molar refractivity (Wildman–Crippen MR) is 187 cm³/mol. The predicted octanol–water partition coefficient (Wildman–Crippen LogP) is 10.5. The molecule has 0 amide bonds. The van der Waals surface area contributed by atoms with Crippen molar-refractivity contribution in [1.82, 2.24) is 9.97 Å². The van der Waals surface area contributed by atoms with E-state index < -0.39 is 19.2 Å². The first-order valence-corrected chi connectivity index (χ1v) is 22.4. The Morgan fingerprint density at radius 1 is 0.804 bits per heavy atom. The fraction of sp³-hybridized carbons (Fsp3) is 0.150. The molecule has 6 heteroatoms. The first-order chi connectivity index (χ1) is 22.0. The second-order valence-corrected chi connectivity index (χ2v) is 22.8. The molecule has 3 aromatic heterocycles. The van der Waals surface area contributed by atoms with E-state index in [2.05, 4.69) is 83.0 Å². The van der Waals surface area contributed by atoms with Gasteiger partial charge in [0.05, 0.1) is 5.58 Å². The van der Waals surface area contributed by atoms with Crippen molar-refractivity contribution in [2.75, 3.05) is 0 Å². The van der Waals surface area contributed by atoms with E-state index in [1.807, 2.05) is 50.2 Å². The third kappa shape index (κ3) is 7.23. The summed E-state index contributed by atoms with van der Waals surface area (Å²) in [4.78, 5) is 9.13. The van der Waals surface area contributed by atoms with Gasteiger partial charge in [-0.15, -0.1) is 18.2 Å². The van der Waals surface area contributed by atoms with Gasteiger partial charge < -0.3 is 9.40 Å². The van der Waals surface area contributed by atoms with Crippen LogP contribution >= 0.6 is 0 Å². The molecule has 3 heterocycles. The number of benzene rings is 4. The van der Waals surface area contributed by atoms with Gasteiger partial charge in [-0.2, -0.15) is 0 Å². The van der Waals surface area contributed by atoms with Crippen LogP contribution in [0.4, 0.5) is 4.39 Å². The number of fused-ring (bicyclic) bond motifs is 3. The maximum absolute atomic E-state index is 13.6. The zero-order chi connectivity index (χ0) is 32.5. The van der Waals surface area contributed by atoms with E-state index in [9.17, 15) is 4.39 Å². The standard InChI is InChI=1S/C20H15FNO.C20H20GeN.Ir/c1-12(2)13-8-9-22-18(10-13)16-5-3-4-15-17-11-14(21)6-7-19(17)23-20(15)16;1-21(2,3)19-15-22-20(17-12-8-5-9-13-17)14-18(19)16-10-6-4-7-11-16;/h3-4,6-12H,1-2H3;4-12,14-15H,1-3H3;/q2*-1;/i12D;;. The Morgan fingerprint density at radius 3 is 2.30 bits per heavy atom. The Balaban J connectivity index is 0.000000181. The monoisotopic (exact) mass is 846 g/mol. The average molecular weight is 845 g/mol. The summed E-state index contributed by atoms with van der Waals surface area (Å²) in [6, 6.07) is 39.2. The molecule has 0 unspecified atom stereocenters. The third-order valence-electron chi connectivity index (χ3n) is 7.77. The molecule has 1 radical (unpaired) electrons. The van der Waals surface area contributed by atoms with Gasteiger partial charge in [-0.05, 0) is 35.9 Å². The van der Waals surface area contributed by atoms with Crippen LogP contribution in [0.5, 0.6) is 0 Å². The normalized spacial score (nSPS) is 11.8. The number of furan rings is 1. The summed E-state index contributed by atoms with van der Waals surface area (Å²) in [5.74, 6) is 6.23. The van der Waals surface area contributed by atoms with Crippen molar-refractivity contribution in [3.8, 4) is 33.6 Å². The summed E-state index contributed by atoms with van der Waals surface area (Å²) < 4.78 is 29.2. The molecule has 233 valence electrons. The van der Waals surface area contributed by atoms with Gasteiger partial charge in [-0.1, -0.05) is 36.4 Å². The van der Waals surface area contributed by atoms with Crippen molar-refractivity contribution in [3.63, 3.8) is 0 Å². The Bertz CT molecular complexity index is 2140. The van der Waals surface area contributed by atoms with Gasteiger partial charge in [-0.25, -0.2) is 4.39 Å². The van der Waals surface area contributed by atoms with Gasteiger partial charge >= 0.3 is 135 Å². The minimum atomic E-state index is -1.99. The molecule has 0 N–H and O–H groups in total. The fourth-order valence-corrected chi connectivity index (χ4v) is 8.49. The van der Waals surface area contributed by atoms with Gasteiger partial charge in [-0.3, -0.25) is 0 Å². The number of aromatic nitrogens is 2. The van der Waals surface area contributed by atoms with Crippen molar-refractivity contribution >= 4 is 39.6 Å². The average Bonchev–Trinajstić information content (AvgIpc) is 3.43. The van der Waals surface area contributed by atoms with E-state index >= 15 is 0 Å². The van der Waals surface area contributed by atoms with Crippen molar-refractivity contribution < 1.29 is 30.3 Å². The van der Waals surface area contributed by atoms with Crippen LogP contribution in [0.25, 0.3) is 55.6 Å². The Kier molecular flexibility index (Phi) is 9.93. The summed E-state index contributed by atoms with van der Waals surface area (Å²) in [5.41, 5.74) is 8.18. The molecule has 0 aliphatic rings. The number of pyridine rings is 2. The van der Waals surface area contributed by atoms with Crippen LogP contribution in [0.2, 0.25) is 17.3 Å². The topological polar surface area (TPSA) is 38.9 Å². The molecule has 0 fully saturated rings. The zero-order valence-corrected chi connectivity index (χ0v) is 31.0. The van der Waals surface area contributed by atoms with Crippen LogP contribution in [-0.4, -0.2) is 23.2 Å². The molecule has 0 atom stereocenters. The maximum atomic E-state index is 13.6. The second kappa shape index (κ2) is 14.3. The van der Waals surface area contributed by atoms with Gasteiger partial charge in [0.15, 0.2) is 0 Å². The number of hydrogen-bond acceptors (Lipinski definition) is 3. The first kappa shape index (κ1) is 32.1. The van der Waals surface area contributed by atoms with E-state index in [0.717, 1.165) is 33.2 Å². The zero-order valence-electron chi connectivity index (χ0n) is 27.5. The second-order valence-electron chi connectivity index (χ2n) is 12.3. The molecule has 46 heavy (non-hydrogen) atoms. The Morgan fingerprint density at radius 2 is 1.59 bits per heavy atom. The van der Waals surface area contributed by atoms with Crippen molar-refractivity contribution in [1.29, 1.82) is 0 Å². The van der Waals surface area contributed by atoms with E-state index in [1.54, 1.807) is 18.3 Å². The van der Waals surface area contributed by atoms with Crippen molar-refractivity contribution in [2.45, 2.75) is 37.0 Å². The Hall–Kier alpha value is -3.90. The molecule has 0 aliphatic heterocycles. The van der Waals surface area contributed by atoms with Gasteiger partial charge in [0.25, 0.3) is 0 Å². The van der Waals surface area contributed by atoms with Crippen LogP contribution in [0.1, 0.15) is 26.7 Å². The molecule has 7 rings (SSSR count). The molecule has 0 aliphatic carbocycles. The largest absolute Gasteiger partial charge is 0 e. The van der Waals surface area contributed by atoms with Crippen molar-refractivity contribution in [2.24, 2.45) is 0 Å². The summed E-state index contributed by atoms with van der Waals surface area (Å²) >= 11 is -1.99. The smallest absolute Gasteiger partial charge is 0 e. The molecule has 3 nitrogen and oxygen atoms in total. The number of hydrogen-bond donors (Lipinski definition) is 0.